The van der Waals surface area contributed by atoms with E-state index < -0.39 is 23.4 Å². The summed E-state index contributed by atoms with van der Waals surface area (Å²) in [5.74, 6) is -0.524. The lowest BCUT2D eigenvalue weighted by molar-refractivity contribution is -0.143. The van der Waals surface area contributed by atoms with Crippen LogP contribution in [0.2, 0.25) is 0 Å². The topological polar surface area (TPSA) is 34.9 Å². The zero-order chi connectivity index (χ0) is 14.2. The molecule has 0 saturated heterocycles. The van der Waals surface area contributed by atoms with Gasteiger partial charge in [-0.1, -0.05) is 0 Å². The van der Waals surface area contributed by atoms with Gasteiger partial charge in [-0.25, -0.2) is 9.18 Å². The number of benzene rings is 1. The molecule has 19 heavy (non-hydrogen) atoms. The second-order valence-electron chi connectivity index (χ2n) is 3.87. The Morgan fingerprint density at radius 3 is 2.26 bits per heavy atom. The summed E-state index contributed by atoms with van der Waals surface area (Å²) in [4.78, 5) is 15.0. The van der Waals surface area contributed by atoms with Crippen LogP contribution in [-0.2, 0) is 13.2 Å². The van der Waals surface area contributed by atoms with Crippen molar-refractivity contribution in [1.82, 2.24) is 9.55 Å². The average Bonchev–Trinajstić information content (AvgIpc) is 2.32. The standard InChI is InChI=1S/C12H8F4N2O/c1-18-10(12(14,15)16)6-9(17-11(18)19)7-2-4-8(13)5-3-7/h2-6H,1H3. The van der Waals surface area contributed by atoms with Gasteiger partial charge in [-0.05, 0) is 30.3 Å². The van der Waals surface area contributed by atoms with Crippen molar-refractivity contribution in [3.8, 4) is 11.3 Å². The Kier molecular flexibility index (Phi) is 3.13. The van der Waals surface area contributed by atoms with Crippen molar-refractivity contribution < 1.29 is 17.6 Å². The first-order valence-corrected chi connectivity index (χ1v) is 5.20. The summed E-state index contributed by atoms with van der Waals surface area (Å²) in [5.41, 5.74) is -2.03. The van der Waals surface area contributed by atoms with E-state index in [4.69, 9.17) is 0 Å². The number of aromatic nitrogens is 2. The summed E-state index contributed by atoms with van der Waals surface area (Å²) in [6.07, 6.45) is -4.66. The highest BCUT2D eigenvalue weighted by molar-refractivity contribution is 5.59. The highest BCUT2D eigenvalue weighted by Gasteiger charge is 2.34. The van der Waals surface area contributed by atoms with Gasteiger partial charge in [-0.3, -0.25) is 4.57 Å². The maximum atomic E-state index is 12.7. The van der Waals surface area contributed by atoms with Crippen LogP contribution in [0.3, 0.4) is 0 Å². The van der Waals surface area contributed by atoms with Crippen LogP contribution >= 0.6 is 0 Å². The monoisotopic (exact) mass is 272 g/mol. The minimum absolute atomic E-state index is 0.143. The largest absolute Gasteiger partial charge is 0.431 e. The lowest BCUT2D eigenvalue weighted by atomic mass is 10.1. The first-order valence-electron chi connectivity index (χ1n) is 5.20. The minimum Gasteiger partial charge on any atom is -0.291 e. The molecule has 0 fully saturated rings. The predicted octanol–water partition coefficient (Wildman–Crippen LogP) is 2.61. The van der Waals surface area contributed by atoms with E-state index in [0.29, 0.717) is 4.57 Å². The molecule has 0 bridgehead atoms. The smallest absolute Gasteiger partial charge is 0.291 e. The van der Waals surface area contributed by atoms with Gasteiger partial charge in [-0.15, -0.1) is 0 Å². The number of hydrogen-bond donors (Lipinski definition) is 0. The van der Waals surface area contributed by atoms with E-state index >= 15 is 0 Å². The predicted molar refractivity (Wildman–Crippen MR) is 59.9 cm³/mol. The maximum Gasteiger partial charge on any atom is 0.431 e. The second kappa shape index (κ2) is 4.49. The van der Waals surface area contributed by atoms with E-state index in [1.807, 2.05) is 0 Å². The van der Waals surface area contributed by atoms with Gasteiger partial charge in [0.1, 0.15) is 11.5 Å². The van der Waals surface area contributed by atoms with E-state index in [2.05, 4.69) is 4.98 Å². The molecule has 1 aromatic heterocycles. The first-order chi connectivity index (χ1) is 8.79. The molecule has 0 aliphatic heterocycles. The Hall–Kier alpha value is -2.18. The molecular formula is C12H8F4N2O. The van der Waals surface area contributed by atoms with Gasteiger partial charge < -0.3 is 0 Å². The minimum atomic E-state index is -4.66. The molecule has 0 N–H and O–H groups in total. The summed E-state index contributed by atoms with van der Waals surface area (Å²) in [6.45, 7) is 0. The van der Waals surface area contributed by atoms with Gasteiger partial charge >= 0.3 is 11.9 Å². The van der Waals surface area contributed by atoms with Crippen molar-refractivity contribution in [2.75, 3.05) is 0 Å². The van der Waals surface area contributed by atoms with Crippen molar-refractivity contribution in [2.45, 2.75) is 6.18 Å². The Morgan fingerprint density at radius 2 is 1.74 bits per heavy atom. The Labute approximate surface area is 105 Å². The van der Waals surface area contributed by atoms with Crippen molar-refractivity contribution in [3.05, 3.63) is 52.3 Å². The molecule has 0 aliphatic rings. The van der Waals surface area contributed by atoms with Crippen molar-refractivity contribution in [2.24, 2.45) is 7.05 Å². The molecule has 3 nitrogen and oxygen atoms in total. The van der Waals surface area contributed by atoms with Crippen LogP contribution in [0.1, 0.15) is 5.69 Å². The molecule has 0 spiro atoms. The van der Waals surface area contributed by atoms with Gasteiger partial charge in [0.2, 0.25) is 0 Å². The fraction of sp³-hybridized carbons (Fsp3) is 0.167. The van der Waals surface area contributed by atoms with Crippen LogP contribution in [0.4, 0.5) is 17.6 Å². The van der Waals surface area contributed by atoms with Crippen LogP contribution in [0.25, 0.3) is 11.3 Å². The van der Waals surface area contributed by atoms with Crippen molar-refractivity contribution >= 4 is 0 Å². The highest BCUT2D eigenvalue weighted by Crippen LogP contribution is 2.30. The maximum absolute atomic E-state index is 12.7. The molecule has 1 heterocycles. The summed E-state index contributed by atoms with van der Waals surface area (Å²) < 4.78 is 51.4. The van der Waals surface area contributed by atoms with Gasteiger partial charge in [0.25, 0.3) is 0 Å². The number of halogens is 4. The van der Waals surface area contributed by atoms with E-state index in [1.165, 1.54) is 12.1 Å². The van der Waals surface area contributed by atoms with Crippen LogP contribution in [0.5, 0.6) is 0 Å². The Morgan fingerprint density at radius 1 is 1.16 bits per heavy atom. The molecule has 0 atom stereocenters. The van der Waals surface area contributed by atoms with E-state index in [1.54, 1.807) is 0 Å². The van der Waals surface area contributed by atoms with Crippen molar-refractivity contribution in [1.29, 1.82) is 0 Å². The fourth-order valence-corrected chi connectivity index (χ4v) is 1.58. The molecular weight excluding hydrogens is 264 g/mol. The molecule has 2 rings (SSSR count). The molecule has 0 unspecified atom stereocenters. The highest BCUT2D eigenvalue weighted by atomic mass is 19.4. The number of hydrogen-bond acceptors (Lipinski definition) is 2. The molecule has 2 aromatic rings. The summed E-state index contributed by atoms with van der Waals surface area (Å²) in [7, 11) is 0.993. The number of alkyl halides is 3. The third-order valence-electron chi connectivity index (χ3n) is 2.57. The molecule has 0 aliphatic carbocycles. The Balaban J connectivity index is 2.63. The van der Waals surface area contributed by atoms with Crippen LogP contribution < -0.4 is 5.69 Å². The molecule has 1 aromatic carbocycles. The fourth-order valence-electron chi connectivity index (χ4n) is 1.58. The normalized spacial score (nSPS) is 11.6. The summed E-state index contributed by atoms with van der Waals surface area (Å²) >= 11 is 0. The van der Waals surface area contributed by atoms with Gasteiger partial charge in [-0.2, -0.15) is 18.2 Å². The molecule has 0 amide bonds. The van der Waals surface area contributed by atoms with E-state index in [0.717, 1.165) is 25.2 Å². The first kappa shape index (κ1) is 13.3. The third-order valence-corrected chi connectivity index (χ3v) is 2.57. The quantitative estimate of drug-likeness (QED) is 0.748. The van der Waals surface area contributed by atoms with Gasteiger partial charge in [0, 0.05) is 12.6 Å². The summed E-state index contributed by atoms with van der Waals surface area (Å²) in [6, 6.07) is 5.45. The van der Waals surface area contributed by atoms with Crippen molar-refractivity contribution in [3.63, 3.8) is 0 Å². The SMILES string of the molecule is Cn1c(C(F)(F)F)cc(-c2ccc(F)cc2)nc1=O. The molecule has 7 heteroatoms. The van der Waals surface area contributed by atoms with Crippen LogP contribution in [0, 0.1) is 5.82 Å². The van der Waals surface area contributed by atoms with E-state index in [9.17, 15) is 22.4 Å². The number of rotatable bonds is 1. The van der Waals surface area contributed by atoms with Crippen LogP contribution in [0.15, 0.2) is 35.1 Å². The Bertz CT molecular complexity index is 659. The summed E-state index contributed by atoms with van der Waals surface area (Å²) in [5, 5.41) is 0. The lowest BCUT2D eigenvalue weighted by Crippen LogP contribution is -2.28. The van der Waals surface area contributed by atoms with Crippen LogP contribution in [-0.4, -0.2) is 9.55 Å². The molecule has 100 valence electrons. The lowest BCUT2D eigenvalue weighted by Gasteiger charge is -2.12. The zero-order valence-electron chi connectivity index (χ0n) is 9.70. The average molecular weight is 272 g/mol. The van der Waals surface area contributed by atoms with Gasteiger partial charge in [0.05, 0.1) is 5.69 Å². The van der Waals surface area contributed by atoms with E-state index in [-0.39, 0.29) is 11.3 Å². The molecule has 0 radical (unpaired) electrons. The van der Waals surface area contributed by atoms with Gasteiger partial charge in [0.15, 0.2) is 0 Å². The second-order valence-corrected chi connectivity index (χ2v) is 3.87. The molecule has 0 saturated carbocycles. The third kappa shape index (κ3) is 2.64. The zero-order valence-corrected chi connectivity index (χ0v) is 9.70. The number of nitrogens with zero attached hydrogens (tertiary/aromatic N) is 2.